The van der Waals surface area contributed by atoms with Crippen LogP contribution in [-0.4, -0.2) is 37.7 Å². The van der Waals surface area contributed by atoms with Crippen LogP contribution < -0.4 is 5.32 Å². The normalized spacial score (nSPS) is 12.9. The van der Waals surface area contributed by atoms with Gasteiger partial charge in [-0.05, 0) is 31.5 Å². The number of nitrogens with zero attached hydrogens (tertiary/aromatic N) is 1. The van der Waals surface area contributed by atoms with Gasteiger partial charge in [-0.25, -0.2) is 8.78 Å². The number of halogens is 2. The SMILES string of the molecule is CNC(CCOCC(F)F)Cc1cccnc1. The molecule has 0 bridgehead atoms. The van der Waals surface area contributed by atoms with Crippen LogP contribution in [-0.2, 0) is 11.2 Å². The lowest BCUT2D eigenvalue weighted by Crippen LogP contribution is -2.29. The predicted octanol–water partition coefficient (Wildman–Crippen LogP) is 1.88. The lowest BCUT2D eigenvalue weighted by atomic mass is 10.1. The summed E-state index contributed by atoms with van der Waals surface area (Å²) in [4.78, 5) is 4.03. The van der Waals surface area contributed by atoms with Gasteiger partial charge in [0.15, 0.2) is 0 Å². The van der Waals surface area contributed by atoms with E-state index in [-0.39, 0.29) is 6.04 Å². The van der Waals surface area contributed by atoms with Crippen molar-refractivity contribution in [3.63, 3.8) is 0 Å². The van der Waals surface area contributed by atoms with E-state index >= 15 is 0 Å². The van der Waals surface area contributed by atoms with Crippen molar-refractivity contribution in [2.45, 2.75) is 25.3 Å². The van der Waals surface area contributed by atoms with Crippen LogP contribution in [0.2, 0.25) is 0 Å². The van der Waals surface area contributed by atoms with Gasteiger partial charge in [-0.15, -0.1) is 0 Å². The number of aromatic nitrogens is 1. The number of pyridine rings is 1. The zero-order chi connectivity index (χ0) is 12.5. The predicted molar refractivity (Wildman–Crippen MR) is 62.2 cm³/mol. The lowest BCUT2D eigenvalue weighted by Gasteiger charge is -2.16. The maximum absolute atomic E-state index is 11.8. The number of rotatable bonds is 8. The van der Waals surface area contributed by atoms with E-state index in [0.29, 0.717) is 13.0 Å². The van der Waals surface area contributed by atoms with E-state index in [1.54, 1.807) is 6.20 Å². The molecule has 5 heteroatoms. The fourth-order valence-electron chi connectivity index (χ4n) is 1.55. The van der Waals surface area contributed by atoms with Crippen LogP contribution in [0.15, 0.2) is 24.5 Å². The molecule has 0 radical (unpaired) electrons. The molecule has 17 heavy (non-hydrogen) atoms. The Balaban J connectivity index is 2.24. The maximum Gasteiger partial charge on any atom is 0.261 e. The monoisotopic (exact) mass is 244 g/mol. The largest absolute Gasteiger partial charge is 0.375 e. The summed E-state index contributed by atoms with van der Waals surface area (Å²) in [5, 5.41) is 3.14. The van der Waals surface area contributed by atoms with Crippen LogP contribution >= 0.6 is 0 Å². The van der Waals surface area contributed by atoms with Gasteiger partial charge in [0.2, 0.25) is 0 Å². The van der Waals surface area contributed by atoms with Crippen molar-refractivity contribution in [1.29, 1.82) is 0 Å². The second kappa shape index (κ2) is 8.08. The van der Waals surface area contributed by atoms with Gasteiger partial charge in [-0.2, -0.15) is 0 Å². The Morgan fingerprint density at radius 1 is 1.47 bits per heavy atom. The molecule has 0 saturated carbocycles. The second-order valence-corrected chi connectivity index (χ2v) is 3.81. The molecule has 0 aliphatic heterocycles. The summed E-state index contributed by atoms with van der Waals surface area (Å²) >= 11 is 0. The topological polar surface area (TPSA) is 34.1 Å². The van der Waals surface area contributed by atoms with Gasteiger partial charge in [0.1, 0.15) is 6.61 Å². The Labute approximate surface area is 100 Å². The summed E-state index contributed by atoms with van der Waals surface area (Å²) in [6.45, 7) is -0.139. The van der Waals surface area contributed by atoms with Gasteiger partial charge < -0.3 is 10.1 Å². The van der Waals surface area contributed by atoms with Crippen LogP contribution in [0.1, 0.15) is 12.0 Å². The fourth-order valence-corrected chi connectivity index (χ4v) is 1.55. The van der Waals surface area contributed by atoms with E-state index in [9.17, 15) is 8.78 Å². The molecule has 1 N–H and O–H groups in total. The molecule has 0 aromatic carbocycles. The smallest absolute Gasteiger partial charge is 0.261 e. The van der Waals surface area contributed by atoms with Gasteiger partial charge in [-0.1, -0.05) is 6.07 Å². The molecule has 1 rings (SSSR count). The first-order valence-corrected chi connectivity index (χ1v) is 5.64. The number of likely N-dealkylation sites (N-methyl/N-ethyl adjacent to an activating group) is 1. The van der Waals surface area contributed by atoms with Crippen LogP contribution in [0.5, 0.6) is 0 Å². The Morgan fingerprint density at radius 2 is 2.29 bits per heavy atom. The zero-order valence-corrected chi connectivity index (χ0v) is 9.90. The van der Waals surface area contributed by atoms with Crippen molar-refractivity contribution in [2.75, 3.05) is 20.3 Å². The number of alkyl halides is 2. The van der Waals surface area contributed by atoms with E-state index in [1.165, 1.54) is 0 Å². The molecule has 0 fully saturated rings. The third kappa shape index (κ3) is 6.28. The van der Waals surface area contributed by atoms with Gasteiger partial charge in [-0.3, -0.25) is 4.98 Å². The van der Waals surface area contributed by atoms with E-state index in [4.69, 9.17) is 4.74 Å². The van der Waals surface area contributed by atoms with Crippen LogP contribution in [0.25, 0.3) is 0 Å². The maximum atomic E-state index is 11.8. The Bertz CT molecular complexity index is 296. The van der Waals surface area contributed by atoms with Crippen molar-refractivity contribution in [3.8, 4) is 0 Å². The molecule has 0 spiro atoms. The van der Waals surface area contributed by atoms with Gasteiger partial charge in [0.25, 0.3) is 6.43 Å². The third-order valence-corrected chi connectivity index (χ3v) is 2.47. The quantitative estimate of drug-likeness (QED) is 0.709. The number of nitrogens with one attached hydrogen (secondary N) is 1. The Morgan fingerprint density at radius 3 is 2.88 bits per heavy atom. The molecular weight excluding hydrogens is 226 g/mol. The van der Waals surface area contributed by atoms with Crippen molar-refractivity contribution in [1.82, 2.24) is 10.3 Å². The summed E-state index contributed by atoms with van der Waals surface area (Å²) in [5.74, 6) is 0. The summed E-state index contributed by atoms with van der Waals surface area (Å²) in [6, 6.07) is 4.10. The van der Waals surface area contributed by atoms with Crippen molar-refractivity contribution in [2.24, 2.45) is 0 Å². The molecule has 1 aromatic rings. The summed E-state index contributed by atoms with van der Waals surface area (Å²) < 4.78 is 28.5. The minimum Gasteiger partial charge on any atom is -0.375 e. The first-order chi connectivity index (χ1) is 8.22. The van der Waals surface area contributed by atoms with Crippen LogP contribution in [0.4, 0.5) is 8.78 Å². The van der Waals surface area contributed by atoms with Gasteiger partial charge >= 0.3 is 0 Å². The van der Waals surface area contributed by atoms with Crippen molar-refractivity contribution in [3.05, 3.63) is 30.1 Å². The molecule has 0 amide bonds. The lowest BCUT2D eigenvalue weighted by molar-refractivity contribution is 0.0146. The zero-order valence-electron chi connectivity index (χ0n) is 9.90. The van der Waals surface area contributed by atoms with Gasteiger partial charge in [0.05, 0.1) is 0 Å². The number of hydrogen-bond acceptors (Lipinski definition) is 3. The molecular formula is C12H18F2N2O. The van der Waals surface area contributed by atoms with E-state index in [0.717, 1.165) is 12.0 Å². The van der Waals surface area contributed by atoms with Crippen molar-refractivity contribution < 1.29 is 13.5 Å². The number of hydrogen-bond donors (Lipinski definition) is 1. The highest BCUT2D eigenvalue weighted by Crippen LogP contribution is 2.05. The standard InChI is InChI=1S/C12H18F2N2O/c1-15-11(4-6-17-9-12(13)14)7-10-3-2-5-16-8-10/h2-3,5,8,11-12,15H,4,6-7,9H2,1H3. The molecule has 0 saturated heterocycles. The minimum absolute atomic E-state index is 0.219. The molecule has 0 aliphatic carbocycles. The average Bonchev–Trinajstić information content (AvgIpc) is 2.34. The highest BCUT2D eigenvalue weighted by molar-refractivity contribution is 5.10. The molecule has 0 aliphatic rings. The Kier molecular flexibility index (Phi) is 6.65. The van der Waals surface area contributed by atoms with Crippen molar-refractivity contribution >= 4 is 0 Å². The second-order valence-electron chi connectivity index (χ2n) is 3.81. The van der Waals surface area contributed by atoms with E-state index in [2.05, 4.69) is 10.3 Å². The van der Waals surface area contributed by atoms with Crippen LogP contribution in [0.3, 0.4) is 0 Å². The summed E-state index contributed by atoms with van der Waals surface area (Å²) in [6.07, 6.45) is 2.68. The highest BCUT2D eigenvalue weighted by Gasteiger charge is 2.08. The first-order valence-electron chi connectivity index (χ1n) is 5.64. The molecule has 3 nitrogen and oxygen atoms in total. The third-order valence-electron chi connectivity index (χ3n) is 2.47. The van der Waals surface area contributed by atoms with Gasteiger partial charge in [0, 0.05) is 25.0 Å². The molecule has 96 valence electrons. The average molecular weight is 244 g/mol. The number of ether oxygens (including phenoxy) is 1. The Hall–Kier alpha value is -1.07. The molecule has 1 atom stereocenters. The molecule has 1 unspecified atom stereocenters. The van der Waals surface area contributed by atoms with E-state index < -0.39 is 13.0 Å². The summed E-state index contributed by atoms with van der Waals surface area (Å²) in [7, 11) is 1.86. The van der Waals surface area contributed by atoms with E-state index in [1.807, 2.05) is 25.4 Å². The minimum atomic E-state index is -2.39. The molecule has 1 aromatic heterocycles. The van der Waals surface area contributed by atoms with Crippen LogP contribution in [0, 0.1) is 0 Å². The molecule has 1 heterocycles. The summed E-state index contributed by atoms with van der Waals surface area (Å²) in [5.41, 5.74) is 1.13. The first kappa shape index (κ1) is 14.0. The highest BCUT2D eigenvalue weighted by atomic mass is 19.3. The fraction of sp³-hybridized carbons (Fsp3) is 0.583.